The number of para-hydroxylation sites is 1. The maximum atomic E-state index is 6.31. The van der Waals surface area contributed by atoms with E-state index in [0.29, 0.717) is 10.2 Å². The van der Waals surface area contributed by atoms with E-state index in [2.05, 4.69) is 28.4 Å². The second kappa shape index (κ2) is 4.51. The molecule has 0 atom stereocenters. The van der Waals surface area contributed by atoms with Gasteiger partial charge in [-0.3, -0.25) is 0 Å². The third kappa shape index (κ3) is 1.99. The van der Waals surface area contributed by atoms with E-state index < -0.39 is 0 Å². The Hall–Kier alpha value is -1.59. The molecule has 0 saturated carbocycles. The summed E-state index contributed by atoms with van der Waals surface area (Å²) in [6.07, 6.45) is 0. The van der Waals surface area contributed by atoms with Crippen molar-refractivity contribution in [1.29, 1.82) is 0 Å². The lowest BCUT2D eigenvalue weighted by Gasteiger charge is -2.12. The summed E-state index contributed by atoms with van der Waals surface area (Å²) in [7, 11) is 0. The van der Waals surface area contributed by atoms with Gasteiger partial charge in [-0.1, -0.05) is 17.7 Å². The van der Waals surface area contributed by atoms with Crippen molar-refractivity contribution in [2.24, 2.45) is 0 Å². The van der Waals surface area contributed by atoms with Gasteiger partial charge in [0.1, 0.15) is 5.69 Å². The number of nitrogens with zero attached hydrogens (tertiary/aromatic N) is 3. The Morgan fingerprint density at radius 3 is 2.74 bits per heavy atom. The summed E-state index contributed by atoms with van der Waals surface area (Å²) in [6, 6.07) is 5.98. The predicted octanol–water partition coefficient (Wildman–Crippen LogP) is 3.98. The molecule has 0 aliphatic carbocycles. The maximum Gasteiger partial charge on any atom is 0.180 e. The van der Waals surface area contributed by atoms with Crippen LogP contribution in [0.2, 0.25) is 5.02 Å². The van der Waals surface area contributed by atoms with E-state index in [1.807, 2.05) is 23.6 Å². The lowest BCUT2D eigenvalue weighted by Crippen LogP contribution is -2.03. The third-order valence-electron chi connectivity index (χ3n) is 2.93. The van der Waals surface area contributed by atoms with Gasteiger partial charge in [0.2, 0.25) is 0 Å². The number of rotatable bonds is 2. The lowest BCUT2D eigenvalue weighted by atomic mass is 10.3. The molecule has 6 heteroatoms. The second-order valence-corrected chi connectivity index (χ2v) is 5.87. The number of thiazole rings is 1. The van der Waals surface area contributed by atoms with Gasteiger partial charge in [-0.2, -0.15) is 0 Å². The number of fused-ring (bicyclic) bond motifs is 1. The molecule has 0 amide bonds. The quantitative estimate of drug-likeness (QED) is 0.777. The molecule has 2 heterocycles. The van der Waals surface area contributed by atoms with Crippen LogP contribution in [0.25, 0.3) is 22.6 Å². The fourth-order valence-electron chi connectivity index (χ4n) is 2.18. The van der Waals surface area contributed by atoms with Crippen molar-refractivity contribution >= 4 is 39.1 Å². The minimum atomic E-state index is 0.239. The minimum Gasteiger partial charge on any atom is -0.375 e. The topological polar surface area (TPSA) is 56.7 Å². The molecule has 0 aliphatic rings. The van der Waals surface area contributed by atoms with Gasteiger partial charge in [0.15, 0.2) is 11.0 Å². The molecule has 98 valence electrons. The molecule has 4 nitrogen and oxygen atoms in total. The fraction of sp³-hybridized carbons (Fsp3) is 0.231. The number of aromatic nitrogens is 3. The third-order valence-corrected chi connectivity index (χ3v) is 3.91. The number of imidazole rings is 1. The number of hydrogen-bond donors (Lipinski definition) is 1. The molecule has 0 spiro atoms. The maximum absolute atomic E-state index is 6.31. The highest BCUT2D eigenvalue weighted by Crippen LogP contribution is 2.33. The van der Waals surface area contributed by atoms with Crippen LogP contribution in [0.3, 0.4) is 0 Å². The van der Waals surface area contributed by atoms with Crippen molar-refractivity contribution in [2.75, 3.05) is 5.73 Å². The first-order chi connectivity index (χ1) is 9.08. The van der Waals surface area contributed by atoms with Gasteiger partial charge >= 0.3 is 0 Å². The van der Waals surface area contributed by atoms with Crippen molar-refractivity contribution < 1.29 is 0 Å². The number of nitrogens with two attached hydrogens (primary N) is 1. The molecule has 2 aromatic heterocycles. The Morgan fingerprint density at radius 1 is 1.32 bits per heavy atom. The van der Waals surface area contributed by atoms with Crippen molar-refractivity contribution in [3.63, 3.8) is 0 Å². The zero-order chi connectivity index (χ0) is 13.6. The van der Waals surface area contributed by atoms with Gasteiger partial charge in [-0.15, -0.1) is 11.3 Å². The van der Waals surface area contributed by atoms with Crippen LogP contribution in [-0.2, 0) is 0 Å². The van der Waals surface area contributed by atoms with Gasteiger partial charge in [0.25, 0.3) is 0 Å². The van der Waals surface area contributed by atoms with Crippen LogP contribution in [0.15, 0.2) is 23.6 Å². The SMILES string of the molecule is CC(C)n1c(-c2csc(N)n2)nc2cccc(Cl)c21. The summed E-state index contributed by atoms with van der Waals surface area (Å²) in [5, 5.41) is 3.17. The van der Waals surface area contributed by atoms with Crippen LogP contribution >= 0.6 is 22.9 Å². The number of benzene rings is 1. The van der Waals surface area contributed by atoms with E-state index in [1.165, 1.54) is 11.3 Å². The first-order valence-electron chi connectivity index (χ1n) is 5.95. The van der Waals surface area contributed by atoms with Gasteiger partial charge < -0.3 is 10.3 Å². The largest absolute Gasteiger partial charge is 0.375 e. The number of anilines is 1. The Labute approximate surface area is 119 Å². The van der Waals surface area contributed by atoms with Crippen molar-refractivity contribution in [3.05, 3.63) is 28.6 Å². The van der Waals surface area contributed by atoms with Gasteiger partial charge in [-0.05, 0) is 26.0 Å². The standard InChI is InChI=1S/C13H13ClN4S/c1-7(2)18-11-8(14)4-3-5-9(11)16-12(18)10-6-19-13(15)17-10/h3-7H,1-2H3,(H2,15,17). The average molecular weight is 293 g/mol. The summed E-state index contributed by atoms with van der Waals surface area (Å²) in [5.74, 6) is 0.811. The highest BCUT2D eigenvalue weighted by molar-refractivity contribution is 7.13. The zero-order valence-electron chi connectivity index (χ0n) is 10.6. The molecule has 0 fully saturated rings. The molecule has 2 N–H and O–H groups in total. The minimum absolute atomic E-state index is 0.239. The highest BCUT2D eigenvalue weighted by atomic mass is 35.5. The average Bonchev–Trinajstić information content (AvgIpc) is 2.92. The van der Waals surface area contributed by atoms with Gasteiger partial charge in [-0.25, -0.2) is 9.97 Å². The Morgan fingerprint density at radius 2 is 2.11 bits per heavy atom. The Kier molecular flexibility index (Phi) is 2.95. The summed E-state index contributed by atoms with van der Waals surface area (Å²) >= 11 is 7.72. The smallest absolute Gasteiger partial charge is 0.180 e. The molecule has 0 bridgehead atoms. The monoisotopic (exact) mass is 292 g/mol. The van der Waals surface area contributed by atoms with E-state index >= 15 is 0 Å². The molecular formula is C13H13ClN4S. The van der Waals surface area contributed by atoms with E-state index in [0.717, 1.165) is 22.6 Å². The van der Waals surface area contributed by atoms with E-state index in [9.17, 15) is 0 Å². The first kappa shape index (κ1) is 12.4. The van der Waals surface area contributed by atoms with Crippen LogP contribution in [0.1, 0.15) is 19.9 Å². The molecular weight excluding hydrogens is 280 g/mol. The highest BCUT2D eigenvalue weighted by Gasteiger charge is 2.18. The number of hydrogen-bond acceptors (Lipinski definition) is 4. The molecule has 0 aliphatic heterocycles. The van der Waals surface area contributed by atoms with Crippen molar-refractivity contribution in [2.45, 2.75) is 19.9 Å². The van der Waals surface area contributed by atoms with E-state index in [-0.39, 0.29) is 6.04 Å². The summed E-state index contributed by atoms with van der Waals surface area (Å²) < 4.78 is 2.10. The zero-order valence-corrected chi connectivity index (χ0v) is 12.2. The normalized spacial score (nSPS) is 11.6. The number of halogens is 1. The van der Waals surface area contributed by atoms with Crippen molar-refractivity contribution in [3.8, 4) is 11.5 Å². The molecule has 0 radical (unpaired) electrons. The predicted molar refractivity (Wildman–Crippen MR) is 80.6 cm³/mol. The summed E-state index contributed by atoms with van der Waals surface area (Å²) in [6.45, 7) is 4.20. The van der Waals surface area contributed by atoms with Crippen LogP contribution < -0.4 is 5.73 Å². The first-order valence-corrected chi connectivity index (χ1v) is 7.21. The fourth-order valence-corrected chi connectivity index (χ4v) is 2.98. The van der Waals surface area contributed by atoms with Crippen LogP contribution in [0, 0.1) is 0 Å². The van der Waals surface area contributed by atoms with E-state index in [1.54, 1.807) is 0 Å². The van der Waals surface area contributed by atoms with Gasteiger partial charge in [0.05, 0.1) is 16.1 Å². The molecule has 1 aromatic carbocycles. The van der Waals surface area contributed by atoms with Crippen LogP contribution in [0.4, 0.5) is 5.13 Å². The Bertz CT molecular complexity index is 744. The van der Waals surface area contributed by atoms with E-state index in [4.69, 9.17) is 17.3 Å². The van der Waals surface area contributed by atoms with Crippen LogP contribution in [-0.4, -0.2) is 14.5 Å². The molecule has 3 aromatic rings. The number of nitrogen functional groups attached to an aromatic ring is 1. The van der Waals surface area contributed by atoms with Crippen LogP contribution in [0.5, 0.6) is 0 Å². The second-order valence-electron chi connectivity index (χ2n) is 4.58. The Balaban J connectivity index is 2.36. The lowest BCUT2D eigenvalue weighted by molar-refractivity contribution is 0.623. The van der Waals surface area contributed by atoms with Crippen molar-refractivity contribution in [1.82, 2.24) is 14.5 Å². The molecule has 3 rings (SSSR count). The van der Waals surface area contributed by atoms with Gasteiger partial charge in [0, 0.05) is 11.4 Å². The molecule has 0 saturated heterocycles. The summed E-state index contributed by atoms with van der Waals surface area (Å²) in [4.78, 5) is 8.96. The molecule has 19 heavy (non-hydrogen) atoms. The summed E-state index contributed by atoms with van der Waals surface area (Å²) in [5.41, 5.74) is 8.33. The molecule has 0 unspecified atom stereocenters.